The molecule has 5 heteroatoms. The number of unbranched alkanes of at least 4 members (excludes halogenated alkanes) is 1. The highest BCUT2D eigenvalue weighted by molar-refractivity contribution is 5.91. The molecule has 0 amide bonds. The predicted octanol–water partition coefficient (Wildman–Crippen LogP) is 12.8. The zero-order valence-electron chi connectivity index (χ0n) is 35.0. The summed E-state index contributed by atoms with van der Waals surface area (Å²) in [5.41, 5.74) is 24.0. The number of nitrogens with two attached hydrogens (primary N) is 1. The van der Waals surface area contributed by atoms with Crippen molar-refractivity contribution in [2.75, 3.05) is 0 Å². The van der Waals surface area contributed by atoms with Crippen LogP contribution in [0.1, 0.15) is 82.0 Å². The van der Waals surface area contributed by atoms with Crippen molar-refractivity contribution in [2.45, 2.75) is 55.6 Å². The average molecular weight is 815 g/mol. The van der Waals surface area contributed by atoms with Gasteiger partial charge in [-0.15, -0.1) is 0 Å². The second kappa shape index (κ2) is 15.3. The van der Waals surface area contributed by atoms with E-state index in [1.165, 1.54) is 55.6 Å². The number of fused-ring (bicyclic) bond motifs is 13. The molecule has 4 aliphatic rings. The maximum Gasteiger partial charge on any atom is 0.167 e. The topological polar surface area (TPSA) is 73.9 Å². The highest BCUT2D eigenvalue weighted by Gasteiger charge is 2.50. The Morgan fingerprint density at radius 3 is 1.90 bits per heavy atom. The molecule has 7 aromatic carbocycles. The first kappa shape index (κ1) is 37.5. The summed E-state index contributed by atoms with van der Waals surface area (Å²) in [7, 11) is 0. The van der Waals surface area contributed by atoms with Crippen LogP contribution in [0.4, 0.5) is 0 Å². The number of rotatable bonds is 8. The summed E-state index contributed by atoms with van der Waals surface area (Å²) in [5, 5.41) is 0. The molecule has 4 unspecified atom stereocenters. The van der Waals surface area contributed by atoms with E-state index < -0.39 is 11.6 Å². The minimum atomic E-state index is -0.451. The van der Waals surface area contributed by atoms with Crippen molar-refractivity contribution in [2.24, 2.45) is 5.73 Å². The zero-order chi connectivity index (χ0) is 41.9. The number of hydrogen-bond donors (Lipinski definition) is 1. The molecule has 2 N–H and O–H groups in total. The predicted molar refractivity (Wildman–Crippen MR) is 253 cm³/mol. The van der Waals surface area contributed by atoms with E-state index >= 15 is 0 Å². The van der Waals surface area contributed by atoms with Crippen LogP contribution in [0.3, 0.4) is 0 Å². The molecule has 0 saturated carbocycles. The lowest BCUT2D eigenvalue weighted by molar-refractivity contribution is 0.207. The minimum Gasteiger partial charge on any atom is -0.474 e. The van der Waals surface area contributed by atoms with Crippen LogP contribution in [-0.2, 0) is 11.8 Å². The minimum absolute atomic E-state index is 0.0630. The Morgan fingerprint density at radius 2 is 1.14 bits per heavy atom. The lowest BCUT2D eigenvalue weighted by Crippen LogP contribution is -2.30. The Hall–Kier alpha value is -7.21. The van der Waals surface area contributed by atoms with E-state index in [-0.39, 0.29) is 5.92 Å². The van der Waals surface area contributed by atoms with E-state index in [0.717, 1.165) is 60.1 Å². The van der Waals surface area contributed by atoms with Gasteiger partial charge in [-0.05, 0) is 87.4 Å². The van der Waals surface area contributed by atoms with Gasteiger partial charge in [-0.1, -0.05) is 188 Å². The molecule has 0 fully saturated rings. The maximum atomic E-state index is 6.84. The number of benzene rings is 7. The summed E-state index contributed by atoms with van der Waals surface area (Å²) >= 11 is 0. The Bertz CT molecular complexity index is 3060. The summed E-state index contributed by atoms with van der Waals surface area (Å²) in [5.74, 6) is 2.98. The van der Waals surface area contributed by atoms with E-state index in [1.54, 1.807) is 0 Å². The van der Waals surface area contributed by atoms with Crippen molar-refractivity contribution >= 4 is 5.57 Å². The van der Waals surface area contributed by atoms with E-state index in [4.69, 9.17) is 25.4 Å². The Labute approximate surface area is 368 Å². The van der Waals surface area contributed by atoms with Gasteiger partial charge in [0.25, 0.3) is 0 Å². The quantitative estimate of drug-likeness (QED) is 0.155. The van der Waals surface area contributed by atoms with Crippen molar-refractivity contribution in [1.29, 1.82) is 0 Å². The van der Waals surface area contributed by atoms with Gasteiger partial charge in [0.15, 0.2) is 23.7 Å². The third kappa shape index (κ3) is 6.06. The standard InChI is InChI=1S/C58H46N4O/c59-54-47(46-29-17-30-48(53(46)63-54)57-61-55(38-19-3-1-4-20-38)60-56(62-57)39-21-5-2-6-22-39)28-8-7-18-37-34-35-45-44-27-13-16-33-51(44)58(52(45)36-37)49-31-14-11-25-42(49)40-23-9-10-24-41(40)43-26-12-15-32-50(43)58/h1-6,9-17,19-23,25-27,29-36,41,47,54H,7-8,18,24,28,59H2. The summed E-state index contributed by atoms with van der Waals surface area (Å²) in [4.78, 5) is 14.9. The fourth-order valence-electron chi connectivity index (χ4n) is 11.1. The normalized spacial score (nSPS) is 19.8. The van der Waals surface area contributed by atoms with Gasteiger partial charge >= 0.3 is 0 Å². The number of hydrogen-bond acceptors (Lipinski definition) is 5. The SMILES string of the molecule is NC1Oc2c(-c3nc(-c4ccccc4)nc(-c4ccccc4)n3)cccc2C1CCCCc1ccc2c(c1)C1(c3ccccc3C3=CC=CCC3c3ccccc31)c1ccccc1-2. The molecule has 5 nitrogen and oxygen atoms in total. The fourth-order valence-corrected chi connectivity index (χ4v) is 11.1. The molecule has 1 spiro atoms. The average Bonchev–Trinajstić information content (AvgIpc) is 3.80. The van der Waals surface area contributed by atoms with Gasteiger partial charge < -0.3 is 4.74 Å². The number of allylic oxidation sites excluding steroid dienone is 4. The summed E-state index contributed by atoms with van der Waals surface area (Å²) in [6.07, 6.45) is 11.5. The summed E-state index contributed by atoms with van der Waals surface area (Å²) in [6.45, 7) is 0. The molecule has 0 bridgehead atoms. The van der Waals surface area contributed by atoms with Crippen LogP contribution in [0.2, 0.25) is 0 Å². The van der Waals surface area contributed by atoms with Crippen molar-refractivity contribution < 1.29 is 4.74 Å². The molecule has 63 heavy (non-hydrogen) atoms. The van der Waals surface area contributed by atoms with Crippen molar-refractivity contribution in [3.05, 3.63) is 233 Å². The Morgan fingerprint density at radius 1 is 0.540 bits per heavy atom. The lowest BCUT2D eigenvalue weighted by Gasteiger charge is -2.35. The second-order valence-corrected chi connectivity index (χ2v) is 17.3. The van der Waals surface area contributed by atoms with Crippen LogP contribution in [0, 0.1) is 0 Å². The summed E-state index contributed by atoms with van der Waals surface area (Å²) < 4.78 is 6.53. The Kier molecular flexibility index (Phi) is 9.12. The van der Waals surface area contributed by atoms with Gasteiger partial charge in [0.05, 0.1) is 11.0 Å². The monoisotopic (exact) mass is 814 g/mol. The number of nitrogens with zero attached hydrogens (tertiary/aromatic N) is 3. The third-order valence-electron chi connectivity index (χ3n) is 13.9. The molecule has 2 heterocycles. The molecule has 304 valence electrons. The highest BCUT2D eigenvalue weighted by atomic mass is 16.5. The first-order valence-electron chi connectivity index (χ1n) is 22.4. The number of aromatic nitrogens is 3. The first-order valence-corrected chi connectivity index (χ1v) is 22.4. The molecular weight excluding hydrogens is 769 g/mol. The van der Waals surface area contributed by atoms with Crippen LogP contribution in [0.5, 0.6) is 5.75 Å². The van der Waals surface area contributed by atoms with E-state index in [0.29, 0.717) is 23.4 Å². The lowest BCUT2D eigenvalue weighted by atomic mass is 9.66. The second-order valence-electron chi connectivity index (χ2n) is 17.3. The number of aryl methyl sites for hydroxylation is 1. The first-order chi connectivity index (χ1) is 31.2. The van der Waals surface area contributed by atoms with Crippen LogP contribution in [0.15, 0.2) is 188 Å². The molecule has 8 aromatic rings. The highest BCUT2D eigenvalue weighted by Crippen LogP contribution is 2.61. The molecule has 0 radical (unpaired) electrons. The molecule has 1 aromatic heterocycles. The molecular formula is C58H46N4O. The van der Waals surface area contributed by atoms with E-state index in [1.807, 2.05) is 66.7 Å². The van der Waals surface area contributed by atoms with Gasteiger partial charge in [-0.2, -0.15) is 0 Å². The fraction of sp³-hybridized carbons (Fsp3) is 0.155. The van der Waals surface area contributed by atoms with Gasteiger partial charge in [0, 0.05) is 28.5 Å². The van der Waals surface area contributed by atoms with Crippen LogP contribution in [0.25, 0.3) is 50.9 Å². The van der Waals surface area contributed by atoms with Gasteiger partial charge in [-0.3, -0.25) is 5.73 Å². The molecule has 0 saturated heterocycles. The van der Waals surface area contributed by atoms with Crippen LogP contribution in [-0.4, -0.2) is 21.2 Å². The van der Waals surface area contributed by atoms with Crippen LogP contribution >= 0.6 is 0 Å². The van der Waals surface area contributed by atoms with Gasteiger partial charge in [0.2, 0.25) is 0 Å². The smallest absolute Gasteiger partial charge is 0.167 e. The molecule has 3 aliphatic carbocycles. The number of para-hydroxylation sites is 1. The largest absolute Gasteiger partial charge is 0.474 e. The van der Waals surface area contributed by atoms with Crippen LogP contribution < -0.4 is 10.5 Å². The molecule has 4 atom stereocenters. The van der Waals surface area contributed by atoms with Gasteiger partial charge in [-0.25, -0.2) is 15.0 Å². The van der Waals surface area contributed by atoms with E-state index in [2.05, 4.69) is 121 Å². The van der Waals surface area contributed by atoms with E-state index in [9.17, 15) is 0 Å². The number of ether oxygens (including phenoxy) is 1. The van der Waals surface area contributed by atoms with Crippen molar-refractivity contribution in [3.63, 3.8) is 0 Å². The maximum absolute atomic E-state index is 6.84. The van der Waals surface area contributed by atoms with Crippen molar-refractivity contribution in [1.82, 2.24) is 15.0 Å². The zero-order valence-corrected chi connectivity index (χ0v) is 35.0. The third-order valence-corrected chi connectivity index (χ3v) is 13.9. The molecule has 12 rings (SSSR count). The Balaban J connectivity index is 0.853. The molecule has 1 aliphatic heterocycles. The summed E-state index contributed by atoms with van der Waals surface area (Å²) in [6, 6.07) is 61.3. The van der Waals surface area contributed by atoms with Crippen molar-refractivity contribution in [3.8, 4) is 51.0 Å². The van der Waals surface area contributed by atoms with Gasteiger partial charge in [0.1, 0.15) is 5.75 Å².